The van der Waals surface area contributed by atoms with Crippen molar-refractivity contribution in [1.82, 2.24) is 19.1 Å². The number of fused-ring (bicyclic) bond motifs is 1. The van der Waals surface area contributed by atoms with Gasteiger partial charge in [-0.25, -0.2) is 12.7 Å². The van der Waals surface area contributed by atoms with E-state index in [9.17, 15) is 13.2 Å². The summed E-state index contributed by atoms with van der Waals surface area (Å²) in [6, 6.07) is 6.81. The summed E-state index contributed by atoms with van der Waals surface area (Å²) >= 11 is 0. The molecule has 4 rings (SSSR count). The van der Waals surface area contributed by atoms with Crippen molar-refractivity contribution in [3.05, 3.63) is 47.0 Å². The molecule has 1 aromatic carbocycles. The van der Waals surface area contributed by atoms with Crippen LogP contribution in [0.25, 0.3) is 0 Å². The van der Waals surface area contributed by atoms with Gasteiger partial charge in [-0.1, -0.05) is 18.2 Å². The minimum Gasteiger partial charge on any atom is -0.316 e. The predicted octanol–water partition coefficient (Wildman–Crippen LogP) is 1.18. The summed E-state index contributed by atoms with van der Waals surface area (Å²) in [6.45, 7) is -0.0777. The highest BCUT2D eigenvalue weighted by Gasteiger charge is 2.37. The molecule has 0 N–H and O–H groups in total. The largest absolute Gasteiger partial charge is 0.316 e. The standard InChI is InChI=1S/C15H16N4O3S/c1-18-13(16-17-14(18)10-6-7-10)8-19-15(20)12-5-3-2-4-11(12)9-23(19,21)22/h2-5,10H,6-9H2,1H3. The van der Waals surface area contributed by atoms with Crippen molar-refractivity contribution >= 4 is 15.9 Å². The summed E-state index contributed by atoms with van der Waals surface area (Å²) < 4.78 is 27.7. The second-order valence-corrected chi connectivity index (χ2v) is 7.93. The van der Waals surface area contributed by atoms with E-state index in [4.69, 9.17) is 0 Å². The number of benzene rings is 1. The molecule has 1 amide bonds. The molecule has 0 atom stereocenters. The van der Waals surface area contributed by atoms with Crippen molar-refractivity contribution in [3.63, 3.8) is 0 Å². The van der Waals surface area contributed by atoms with Gasteiger partial charge in [0.15, 0.2) is 5.82 Å². The maximum absolute atomic E-state index is 12.6. The second-order valence-electron chi connectivity index (χ2n) is 6.03. The fourth-order valence-corrected chi connectivity index (χ4v) is 4.36. The van der Waals surface area contributed by atoms with E-state index in [1.54, 1.807) is 28.8 Å². The predicted molar refractivity (Wildman–Crippen MR) is 81.9 cm³/mol. The van der Waals surface area contributed by atoms with Crippen LogP contribution in [0.3, 0.4) is 0 Å². The Morgan fingerprint density at radius 2 is 1.96 bits per heavy atom. The van der Waals surface area contributed by atoms with E-state index in [1.165, 1.54) is 0 Å². The molecule has 1 aliphatic carbocycles. The number of hydrogen-bond donors (Lipinski definition) is 0. The van der Waals surface area contributed by atoms with Gasteiger partial charge in [-0.2, -0.15) is 0 Å². The number of carbonyl (C=O) groups excluding carboxylic acids is 1. The lowest BCUT2D eigenvalue weighted by molar-refractivity contribution is 0.0846. The first kappa shape index (κ1) is 14.4. The lowest BCUT2D eigenvalue weighted by Gasteiger charge is -2.27. The summed E-state index contributed by atoms with van der Waals surface area (Å²) in [7, 11) is -1.88. The first-order chi connectivity index (χ1) is 11.0. The van der Waals surface area contributed by atoms with Gasteiger partial charge in [0, 0.05) is 18.5 Å². The van der Waals surface area contributed by atoms with Gasteiger partial charge in [0.2, 0.25) is 10.0 Å². The molecule has 1 aliphatic heterocycles. The van der Waals surface area contributed by atoms with E-state index in [-0.39, 0.29) is 12.3 Å². The number of rotatable bonds is 3. The van der Waals surface area contributed by atoms with Crippen LogP contribution in [0.1, 0.15) is 46.3 Å². The van der Waals surface area contributed by atoms with E-state index < -0.39 is 15.9 Å². The van der Waals surface area contributed by atoms with Crippen LogP contribution in [0, 0.1) is 0 Å². The summed E-state index contributed by atoms with van der Waals surface area (Å²) in [5, 5.41) is 8.22. The third-order valence-electron chi connectivity index (χ3n) is 4.37. The van der Waals surface area contributed by atoms with Crippen LogP contribution in [0.4, 0.5) is 0 Å². The SMILES string of the molecule is Cn1c(CN2C(=O)c3ccccc3CS2(=O)=O)nnc1C1CC1. The van der Waals surface area contributed by atoms with Crippen molar-refractivity contribution < 1.29 is 13.2 Å². The van der Waals surface area contributed by atoms with Gasteiger partial charge < -0.3 is 4.57 Å². The quantitative estimate of drug-likeness (QED) is 0.842. The minimum absolute atomic E-state index is 0.0777. The monoisotopic (exact) mass is 332 g/mol. The van der Waals surface area contributed by atoms with E-state index in [1.807, 2.05) is 7.05 Å². The molecule has 8 heteroatoms. The summed E-state index contributed by atoms with van der Waals surface area (Å²) in [5.41, 5.74) is 0.984. The van der Waals surface area contributed by atoms with Gasteiger partial charge in [-0.3, -0.25) is 4.79 Å². The van der Waals surface area contributed by atoms with E-state index >= 15 is 0 Å². The molecule has 1 fully saturated rings. The third-order valence-corrected chi connectivity index (χ3v) is 6.02. The van der Waals surface area contributed by atoms with Crippen LogP contribution >= 0.6 is 0 Å². The van der Waals surface area contributed by atoms with Gasteiger partial charge in [-0.15, -0.1) is 10.2 Å². The highest BCUT2D eigenvalue weighted by atomic mass is 32.2. The van der Waals surface area contributed by atoms with Crippen LogP contribution in [0.15, 0.2) is 24.3 Å². The Morgan fingerprint density at radius 3 is 2.70 bits per heavy atom. The highest BCUT2D eigenvalue weighted by Crippen LogP contribution is 2.39. The second kappa shape index (κ2) is 4.89. The molecule has 0 radical (unpaired) electrons. The molecule has 1 saturated carbocycles. The zero-order valence-electron chi connectivity index (χ0n) is 12.6. The van der Waals surface area contributed by atoms with Gasteiger partial charge in [0.1, 0.15) is 5.82 Å². The Hall–Kier alpha value is -2.22. The van der Waals surface area contributed by atoms with Crippen molar-refractivity contribution in [1.29, 1.82) is 0 Å². The molecule has 7 nitrogen and oxygen atoms in total. The van der Waals surface area contributed by atoms with Crippen LogP contribution in [0.2, 0.25) is 0 Å². The van der Waals surface area contributed by atoms with Crippen LogP contribution in [-0.2, 0) is 29.4 Å². The maximum Gasteiger partial charge on any atom is 0.268 e. The molecule has 0 saturated heterocycles. The Balaban J connectivity index is 1.70. The molecule has 2 aromatic rings. The third kappa shape index (κ3) is 2.33. The van der Waals surface area contributed by atoms with E-state index in [0.29, 0.717) is 22.9 Å². The highest BCUT2D eigenvalue weighted by molar-refractivity contribution is 7.89. The fraction of sp³-hybridized carbons (Fsp3) is 0.400. The molecular weight excluding hydrogens is 316 g/mol. The topological polar surface area (TPSA) is 85.2 Å². The van der Waals surface area contributed by atoms with Gasteiger partial charge in [0.25, 0.3) is 5.91 Å². The van der Waals surface area contributed by atoms with Gasteiger partial charge in [0.05, 0.1) is 12.3 Å². The fourth-order valence-electron chi connectivity index (χ4n) is 2.90. The summed E-state index contributed by atoms with van der Waals surface area (Å²) in [5.74, 6) is 1.10. The number of nitrogens with zero attached hydrogens (tertiary/aromatic N) is 4. The number of sulfonamides is 1. The normalized spacial score (nSPS) is 19.7. The molecule has 23 heavy (non-hydrogen) atoms. The summed E-state index contributed by atoms with van der Waals surface area (Å²) in [6.07, 6.45) is 2.17. The number of carbonyl (C=O) groups is 1. The molecule has 0 spiro atoms. The lowest BCUT2D eigenvalue weighted by Crippen LogP contribution is -2.41. The van der Waals surface area contributed by atoms with E-state index in [0.717, 1.165) is 23.0 Å². The number of aromatic nitrogens is 3. The van der Waals surface area contributed by atoms with Crippen molar-refractivity contribution in [2.24, 2.45) is 7.05 Å². The molecule has 2 aliphatic rings. The Morgan fingerprint density at radius 1 is 1.22 bits per heavy atom. The maximum atomic E-state index is 12.6. The molecule has 0 bridgehead atoms. The van der Waals surface area contributed by atoms with Crippen molar-refractivity contribution in [2.75, 3.05) is 0 Å². The lowest BCUT2D eigenvalue weighted by atomic mass is 10.1. The van der Waals surface area contributed by atoms with Crippen LogP contribution in [0.5, 0.6) is 0 Å². The average Bonchev–Trinajstić information content (AvgIpc) is 3.28. The Bertz CT molecular complexity index is 899. The molecule has 1 aromatic heterocycles. The molecule has 120 valence electrons. The Kier molecular flexibility index (Phi) is 3.06. The Labute approximate surface area is 134 Å². The zero-order valence-corrected chi connectivity index (χ0v) is 13.5. The zero-order chi connectivity index (χ0) is 16.2. The van der Waals surface area contributed by atoms with Gasteiger partial charge >= 0.3 is 0 Å². The molecule has 2 heterocycles. The molecular formula is C15H16N4O3S. The summed E-state index contributed by atoms with van der Waals surface area (Å²) in [4.78, 5) is 12.6. The van der Waals surface area contributed by atoms with Crippen LogP contribution in [-0.4, -0.2) is 33.4 Å². The minimum atomic E-state index is -3.69. The first-order valence-electron chi connectivity index (χ1n) is 7.48. The number of hydrogen-bond acceptors (Lipinski definition) is 5. The first-order valence-corrected chi connectivity index (χ1v) is 9.09. The van der Waals surface area contributed by atoms with E-state index in [2.05, 4.69) is 10.2 Å². The van der Waals surface area contributed by atoms with Crippen molar-refractivity contribution in [3.8, 4) is 0 Å². The van der Waals surface area contributed by atoms with Crippen LogP contribution < -0.4 is 0 Å². The number of amides is 1. The molecule has 0 unspecified atom stereocenters. The van der Waals surface area contributed by atoms with Crippen molar-refractivity contribution in [2.45, 2.75) is 31.1 Å². The average molecular weight is 332 g/mol. The smallest absolute Gasteiger partial charge is 0.268 e. The van der Waals surface area contributed by atoms with Gasteiger partial charge in [-0.05, 0) is 24.5 Å².